The number of aryl methyl sites for hydroxylation is 1. The standard InChI is InChI=1S/C51H42N2/c1-51(2)49-34-38(26-32-47(49)48-33-31-46(36-50(48)51)52(41-16-6-3-7-17-41)42-18-8-4-9-19-42)23-22-37-24-28-44(29-25-37)53(43-20-10-5-11-21-43)45-30-27-39-14-12-13-15-40(39)35-45/h3-11,13,15-36H,12,14H2,1-2H3/b23-22+. The van der Waals surface area contributed by atoms with Gasteiger partial charge < -0.3 is 9.80 Å². The molecule has 0 saturated carbocycles. The predicted octanol–water partition coefficient (Wildman–Crippen LogP) is 14.1. The fourth-order valence-electron chi connectivity index (χ4n) is 8.09. The molecule has 0 heterocycles. The molecule has 0 N–H and O–H groups in total. The van der Waals surface area contributed by atoms with Crippen LogP contribution < -0.4 is 9.80 Å². The summed E-state index contributed by atoms with van der Waals surface area (Å²) >= 11 is 0. The number of hydrogen-bond acceptors (Lipinski definition) is 2. The lowest BCUT2D eigenvalue weighted by Gasteiger charge is -2.28. The quantitative estimate of drug-likeness (QED) is 0.147. The maximum absolute atomic E-state index is 2.39. The number of para-hydroxylation sites is 3. The molecular formula is C51H42N2. The number of nitrogens with zero attached hydrogens (tertiary/aromatic N) is 2. The summed E-state index contributed by atoms with van der Waals surface area (Å²) in [5, 5.41) is 0. The van der Waals surface area contributed by atoms with Crippen LogP contribution in [0.4, 0.5) is 34.1 Å². The van der Waals surface area contributed by atoms with Gasteiger partial charge in [0.25, 0.3) is 0 Å². The van der Waals surface area contributed by atoms with E-state index in [9.17, 15) is 0 Å². The lowest BCUT2D eigenvalue weighted by molar-refractivity contribution is 0.660. The number of hydrogen-bond donors (Lipinski definition) is 0. The van der Waals surface area contributed by atoms with Gasteiger partial charge in [-0.05, 0) is 130 Å². The Balaban J connectivity index is 0.993. The zero-order valence-corrected chi connectivity index (χ0v) is 30.3. The molecule has 7 aromatic rings. The SMILES string of the molecule is CC1(C)c2cc(/C=C/c3ccc(N(c4ccccc4)c4ccc5c(c4)C=CCC5)cc3)ccc2-c2ccc(N(c3ccccc3)c3ccccc3)cc21. The molecule has 256 valence electrons. The van der Waals surface area contributed by atoms with Gasteiger partial charge in [0.1, 0.15) is 0 Å². The maximum Gasteiger partial charge on any atom is 0.0467 e. The van der Waals surface area contributed by atoms with Crippen molar-refractivity contribution < 1.29 is 0 Å². The normalized spacial score (nSPS) is 13.7. The van der Waals surface area contributed by atoms with E-state index < -0.39 is 0 Å². The summed E-state index contributed by atoms with van der Waals surface area (Å²) in [5.41, 5.74) is 17.3. The van der Waals surface area contributed by atoms with Crippen molar-refractivity contribution in [3.8, 4) is 11.1 Å². The summed E-state index contributed by atoms with van der Waals surface area (Å²) in [5.74, 6) is 0. The first kappa shape index (κ1) is 32.5. The molecule has 9 rings (SSSR count). The van der Waals surface area contributed by atoms with Crippen molar-refractivity contribution in [1.82, 2.24) is 0 Å². The average molecular weight is 683 g/mol. The number of allylic oxidation sites excluding steroid dienone is 1. The summed E-state index contributed by atoms with van der Waals surface area (Å²) in [7, 11) is 0. The highest BCUT2D eigenvalue weighted by Crippen LogP contribution is 2.51. The summed E-state index contributed by atoms with van der Waals surface area (Å²) in [4.78, 5) is 4.70. The summed E-state index contributed by atoms with van der Waals surface area (Å²) in [6.45, 7) is 4.72. The Morgan fingerprint density at radius 1 is 0.453 bits per heavy atom. The predicted molar refractivity (Wildman–Crippen MR) is 226 cm³/mol. The number of benzene rings is 7. The molecule has 0 atom stereocenters. The van der Waals surface area contributed by atoms with Gasteiger partial charge in [0.05, 0.1) is 0 Å². The van der Waals surface area contributed by atoms with E-state index in [0.717, 1.165) is 35.6 Å². The number of rotatable bonds is 8. The first-order valence-electron chi connectivity index (χ1n) is 18.7. The van der Waals surface area contributed by atoms with Crippen LogP contribution in [0.5, 0.6) is 0 Å². The molecule has 0 aliphatic heterocycles. The molecule has 0 bridgehead atoms. The second-order valence-corrected chi connectivity index (χ2v) is 14.6. The van der Waals surface area contributed by atoms with Crippen molar-refractivity contribution >= 4 is 52.4 Å². The van der Waals surface area contributed by atoms with Gasteiger partial charge in [-0.15, -0.1) is 0 Å². The second-order valence-electron chi connectivity index (χ2n) is 14.6. The van der Waals surface area contributed by atoms with E-state index in [4.69, 9.17) is 0 Å². The molecule has 2 heteroatoms. The van der Waals surface area contributed by atoms with Crippen molar-refractivity contribution in [2.24, 2.45) is 0 Å². The molecule has 2 nitrogen and oxygen atoms in total. The average Bonchev–Trinajstić information content (AvgIpc) is 3.44. The number of anilines is 6. The molecule has 0 aromatic heterocycles. The molecule has 0 spiro atoms. The Morgan fingerprint density at radius 2 is 0.925 bits per heavy atom. The second kappa shape index (κ2) is 13.6. The van der Waals surface area contributed by atoms with Gasteiger partial charge in [-0.1, -0.05) is 135 Å². The Hall–Kier alpha value is -6.38. The van der Waals surface area contributed by atoms with Crippen LogP contribution in [0.2, 0.25) is 0 Å². The van der Waals surface area contributed by atoms with Crippen molar-refractivity contribution in [2.45, 2.75) is 32.1 Å². The minimum absolute atomic E-state index is 0.140. The lowest BCUT2D eigenvalue weighted by atomic mass is 9.81. The highest BCUT2D eigenvalue weighted by Gasteiger charge is 2.36. The highest BCUT2D eigenvalue weighted by molar-refractivity contribution is 5.87. The van der Waals surface area contributed by atoms with E-state index in [1.54, 1.807) is 0 Å². The third-order valence-electron chi connectivity index (χ3n) is 10.9. The first-order valence-corrected chi connectivity index (χ1v) is 18.7. The van der Waals surface area contributed by atoms with E-state index in [0.29, 0.717) is 0 Å². The van der Waals surface area contributed by atoms with Crippen LogP contribution in [0.1, 0.15) is 53.6 Å². The summed E-state index contributed by atoms with van der Waals surface area (Å²) in [6, 6.07) is 61.6. The van der Waals surface area contributed by atoms with Crippen molar-refractivity contribution in [2.75, 3.05) is 9.80 Å². The molecular weight excluding hydrogens is 641 g/mol. The molecule has 0 radical (unpaired) electrons. The zero-order chi connectivity index (χ0) is 35.8. The largest absolute Gasteiger partial charge is 0.310 e. The Labute approximate surface area is 313 Å². The fourth-order valence-corrected chi connectivity index (χ4v) is 8.09. The van der Waals surface area contributed by atoms with Gasteiger partial charge in [-0.25, -0.2) is 0 Å². The van der Waals surface area contributed by atoms with E-state index >= 15 is 0 Å². The molecule has 53 heavy (non-hydrogen) atoms. The summed E-state index contributed by atoms with van der Waals surface area (Å²) in [6.07, 6.45) is 11.2. The van der Waals surface area contributed by atoms with Crippen LogP contribution in [0, 0.1) is 0 Å². The van der Waals surface area contributed by atoms with Gasteiger partial charge in [0.15, 0.2) is 0 Å². The zero-order valence-electron chi connectivity index (χ0n) is 30.3. The molecule has 0 saturated heterocycles. The molecule has 2 aliphatic carbocycles. The van der Waals surface area contributed by atoms with Crippen molar-refractivity contribution in [3.05, 3.63) is 209 Å². The van der Waals surface area contributed by atoms with Gasteiger partial charge >= 0.3 is 0 Å². The van der Waals surface area contributed by atoms with Gasteiger partial charge in [-0.2, -0.15) is 0 Å². The maximum atomic E-state index is 2.39. The topological polar surface area (TPSA) is 6.48 Å². The number of fused-ring (bicyclic) bond motifs is 4. The first-order chi connectivity index (χ1) is 26.0. The lowest BCUT2D eigenvalue weighted by Crippen LogP contribution is -2.16. The van der Waals surface area contributed by atoms with E-state index in [1.165, 1.54) is 55.9 Å². The van der Waals surface area contributed by atoms with Gasteiger partial charge in [0, 0.05) is 39.5 Å². The minimum Gasteiger partial charge on any atom is -0.310 e. The molecule has 2 aliphatic rings. The molecule has 0 unspecified atom stereocenters. The van der Waals surface area contributed by atoms with E-state index in [1.807, 2.05) is 0 Å². The van der Waals surface area contributed by atoms with E-state index in [2.05, 4.69) is 218 Å². The van der Waals surface area contributed by atoms with Crippen LogP contribution >= 0.6 is 0 Å². The van der Waals surface area contributed by atoms with Gasteiger partial charge in [-0.3, -0.25) is 0 Å². The minimum atomic E-state index is -0.140. The Morgan fingerprint density at radius 3 is 1.55 bits per heavy atom. The molecule has 7 aromatic carbocycles. The van der Waals surface area contributed by atoms with E-state index in [-0.39, 0.29) is 5.41 Å². The third-order valence-corrected chi connectivity index (χ3v) is 10.9. The Kier molecular flexibility index (Phi) is 8.37. The van der Waals surface area contributed by atoms with Crippen LogP contribution in [0.3, 0.4) is 0 Å². The fraction of sp³-hybridized carbons (Fsp3) is 0.0980. The van der Waals surface area contributed by atoms with Crippen molar-refractivity contribution in [1.29, 1.82) is 0 Å². The van der Waals surface area contributed by atoms with Gasteiger partial charge in [0.2, 0.25) is 0 Å². The monoisotopic (exact) mass is 682 g/mol. The summed E-state index contributed by atoms with van der Waals surface area (Å²) < 4.78 is 0. The molecule has 0 amide bonds. The van der Waals surface area contributed by atoms with Crippen molar-refractivity contribution in [3.63, 3.8) is 0 Å². The van der Waals surface area contributed by atoms with Crippen LogP contribution in [-0.2, 0) is 11.8 Å². The smallest absolute Gasteiger partial charge is 0.0467 e. The van der Waals surface area contributed by atoms with Crippen LogP contribution in [-0.4, -0.2) is 0 Å². The van der Waals surface area contributed by atoms with Crippen LogP contribution in [0.15, 0.2) is 176 Å². The highest BCUT2D eigenvalue weighted by atomic mass is 15.1. The third kappa shape index (κ3) is 6.17. The Bertz CT molecular complexity index is 2420. The van der Waals surface area contributed by atoms with Crippen LogP contribution in [0.25, 0.3) is 29.4 Å². The molecule has 0 fully saturated rings.